The number of alkyl carbamates (subject to hydrolysis) is 1. The number of amides is 1. The van der Waals surface area contributed by atoms with Crippen molar-refractivity contribution in [3.05, 3.63) is 68.7 Å². The molecule has 11 nitrogen and oxygen atoms in total. The molecule has 2 aromatic rings. The lowest BCUT2D eigenvalue weighted by Gasteiger charge is -2.42. The molecule has 0 aliphatic carbocycles. The number of aliphatic hydroxyl groups is 3. The summed E-state index contributed by atoms with van der Waals surface area (Å²) in [6, 6.07) is 7.22. The summed E-state index contributed by atoms with van der Waals surface area (Å²) >= 11 is 0. The maximum Gasteiger partial charge on any atom is 0.407 e. The number of hydrogen-bond donors (Lipinski definition) is 5. The van der Waals surface area contributed by atoms with Gasteiger partial charge in [-0.25, -0.2) is 9.59 Å². The van der Waals surface area contributed by atoms with Crippen molar-refractivity contribution in [3.8, 4) is 0 Å². The Morgan fingerprint density at radius 1 is 1.23 bits per heavy atom. The molecule has 0 radical (unpaired) electrons. The van der Waals surface area contributed by atoms with Crippen LogP contribution in [0.25, 0.3) is 0 Å². The lowest BCUT2D eigenvalue weighted by molar-refractivity contribution is -0.216. The third-order valence-corrected chi connectivity index (χ3v) is 4.60. The summed E-state index contributed by atoms with van der Waals surface area (Å²) in [6.45, 7) is -0.837. The highest BCUT2D eigenvalue weighted by Gasteiger charge is 2.46. The van der Waals surface area contributed by atoms with Crippen LogP contribution in [0.3, 0.4) is 0 Å². The number of hydrogen-bond acceptors (Lipinski definition) is 8. The first-order valence-electron chi connectivity index (χ1n) is 8.92. The fourth-order valence-corrected chi connectivity index (χ4v) is 3.04. The maximum atomic E-state index is 13.7. The van der Waals surface area contributed by atoms with Crippen molar-refractivity contribution >= 4 is 6.09 Å². The van der Waals surface area contributed by atoms with Crippen molar-refractivity contribution in [2.24, 2.45) is 0 Å². The Balaban J connectivity index is 1.84. The molecule has 1 saturated heterocycles. The van der Waals surface area contributed by atoms with E-state index in [9.17, 15) is 34.1 Å². The van der Waals surface area contributed by atoms with Crippen LogP contribution in [0.1, 0.15) is 11.8 Å². The Kier molecular flexibility index (Phi) is 6.62. The molecule has 12 heteroatoms. The van der Waals surface area contributed by atoms with Gasteiger partial charge in [0.15, 0.2) is 6.23 Å². The summed E-state index contributed by atoms with van der Waals surface area (Å²) in [7, 11) is 0. The number of rotatable bonds is 5. The average molecular weight is 425 g/mol. The van der Waals surface area contributed by atoms with E-state index in [-0.39, 0.29) is 6.61 Å². The van der Waals surface area contributed by atoms with Gasteiger partial charge in [0.25, 0.3) is 5.56 Å². The number of aliphatic hydroxyl groups excluding tert-OH is 3. The van der Waals surface area contributed by atoms with Crippen LogP contribution in [0, 0.1) is 5.82 Å². The molecule has 5 atom stereocenters. The number of H-pyrrole nitrogens is 1. The Labute approximate surface area is 168 Å². The first-order chi connectivity index (χ1) is 14.3. The molecule has 0 spiro atoms. The van der Waals surface area contributed by atoms with Crippen LogP contribution in [0.2, 0.25) is 0 Å². The Morgan fingerprint density at radius 2 is 1.93 bits per heavy atom. The lowest BCUT2D eigenvalue weighted by Crippen LogP contribution is -2.63. The highest BCUT2D eigenvalue weighted by atomic mass is 19.1. The highest BCUT2D eigenvalue weighted by Crippen LogP contribution is 2.27. The topological polar surface area (TPSA) is 163 Å². The van der Waals surface area contributed by atoms with Crippen LogP contribution in [-0.2, 0) is 16.1 Å². The Morgan fingerprint density at radius 3 is 2.60 bits per heavy atom. The summed E-state index contributed by atoms with van der Waals surface area (Å²) in [5, 5.41) is 32.2. The molecule has 0 unspecified atom stereocenters. The zero-order valence-electron chi connectivity index (χ0n) is 15.5. The summed E-state index contributed by atoms with van der Waals surface area (Å²) < 4.78 is 24.8. The molecular formula is C18H20FN3O8. The van der Waals surface area contributed by atoms with E-state index in [0.29, 0.717) is 16.3 Å². The quantitative estimate of drug-likeness (QED) is 0.390. The average Bonchev–Trinajstić information content (AvgIpc) is 2.74. The minimum Gasteiger partial charge on any atom is -0.445 e. The van der Waals surface area contributed by atoms with E-state index in [0.717, 1.165) is 0 Å². The number of aromatic amines is 1. The van der Waals surface area contributed by atoms with Crippen LogP contribution < -0.4 is 16.6 Å². The fourth-order valence-electron chi connectivity index (χ4n) is 3.04. The molecule has 1 fully saturated rings. The maximum absolute atomic E-state index is 13.7. The van der Waals surface area contributed by atoms with E-state index in [1.54, 1.807) is 35.3 Å². The van der Waals surface area contributed by atoms with E-state index in [1.807, 2.05) is 0 Å². The first kappa shape index (κ1) is 21.6. The molecule has 0 bridgehead atoms. The standard InChI is InChI=1S/C18H20FN3O8/c19-10-6-22(17(27)21-15(10)26)16-12(14(25)13(24)11(7-23)30-16)20-18(28)29-8-9-4-2-1-3-5-9/h1-6,11-14,16,23-25H,7-8H2,(H,20,28)(H,21,26,27)/t11-,12+,13+,14-,16-/m0/s1. The van der Waals surface area contributed by atoms with Crippen LogP contribution >= 0.6 is 0 Å². The summed E-state index contributed by atoms with van der Waals surface area (Å²) in [6.07, 6.45) is -6.73. The van der Waals surface area contributed by atoms with Crippen molar-refractivity contribution in [3.63, 3.8) is 0 Å². The van der Waals surface area contributed by atoms with Gasteiger partial charge in [0.05, 0.1) is 12.8 Å². The number of carbonyl (C=O) groups is 1. The predicted molar refractivity (Wildman–Crippen MR) is 97.8 cm³/mol. The number of ether oxygens (including phenoxy) is 2. The second-order valence-corrected chi connectivity index (χ2v) is 6.60. The van der Waals surface area contributed by atoms with E-state index in [4.69, 9.17) is 9.47 Å². The molecule has 1 aliphatic heterocycles. The van der Waals surface area contributed by atoms with Gasteiger partial charge in [0, 0.05) is 0 Å². The SMILES string of the molecule is O=C(N[C@@H]1[C@H](O)[C@H](O)[C@H](CO)O[C@@H]1n1cc(F)c(=O)[nH]c1=O)OCc1ccccc1. The summed E-state index contributed by atoms with van der Waals surface area (Å²) in [5.74, 6) is -1.32. The number of nitrogens with one attached hydrogen (secondary N) is 2. The number of nitrogens with zero attached hydrogens (tertiary/aromatic N) is 1. The molecular weight excluding hydrogens is 405 g/mol. The van der Waals surface area contributed by atoms with Gasteiger partial charge in [-0.3, -0.25) is 14.3 Å². The van der Waals surface area contributed by atoms with E-state index < -0.39 is 60.3 Å². The molecule has 162 valence electrons. The molecule has 30 heavy (non-hydrogen) atoms. The molecule has 1 amide bonds. The van der Waals surface area contributed by atoms with Gasteiger partial charge in [-0.1, -0.05) is 30.3 Å². The Hall–Kier alpha value is -3.06. The molecule has 5 N–H and O–H groups in total. The van der Waals surface area contributed by atoms with Crippen molar-refractivity contribution < 1.29 is 34.0 Å². The number of carbonyl (C=O) groups excluding carboxylic acids is 1. The van der Waals surface area contributed by atoms with Crippen molar-refractivity contribution in [2.45, 2.75) is 37.2 Å². The molecule has 0 saturated carbocycles. The second-order valence-electron chi connectivity index (χ2n) is 6.60. The van der Waals surface area contributed by atoms with Crippen molar-refractivity contribution in [2.75, 3.05) is 6.61 Å². The van der Waals surface area contributed by atoms with Gasteiger partial charge in [0.2, 0.25) is 5.82 Å². The number of halogens is 1. The minimum absolute atomic E-state index is 0.101. The third kappa shape index (κ3) is 4.57. The number of benzene rings is 1. The van der Waals surface area contributed by atoms with Gasteiger partial charge >= 0.3 is 11.8 Å². The van der Waals surface area contributed by atoms with Crippen molar-refractivity contribution in [1.29, 1.82) is 0 Å². The zero-order chi connectivity index (χ0) is 21.8. The van der Waals surface area contributed by atoms with Crippen molar-refractivity contribution in [1.82, 2.24) is 14.9 Å². The first-order valence-corrected chi connectivity index (χ1v) is 8.92. The molecule has 1 aliphatic rings. The molecule has 2 heterocycles. The van der Waals surface area contributed by atoms with Crippen LogP contribution in [0.5, 0.6) is 0 Å². The molecule has 1 aromatic heterocycles. The van der Waals surface area contributed by atoms with E-state index in [2.05, 4.69) is 5.32 Å². The largest absolute Gasteiger partial charge is 0.445 e. The normalized spacial score (nSPS) is 26.2. The highest BCUT2D eigenvalue weighted by molar-refractivity contribution is 5.67. The van der Waals surface area contributed by atoms with E-state index in [1.165, 1.54) is 0 Å². The lowest BCUT2D eigenvalue weighted by atomic mass is 9.96. The fraction of sp³-hybridized carbons (Fsp3) is 0.389. The number of aromatic nitrogens is 2. The minimum atomic E-state index is -1.72. The second kappa shape index (κ2) is 9.17. The van der Waals surface area contributed by atoms with Gasteiger partial charge in [-0.05, 0) is 5.56 Å². The van der Waals surface area contributed by atoms with E-state index >= 15 is 0 Å². The monoisotopic (exact) mass is 425 g/mol. The summed E-state index contributed by atoms with van der Waals surface area (Å²) in [4.78, 5) is 37.4. The van der Waals surface area contributed by atoms with Gasteiger partial charge < -0.3 is 30.1 Å². The Bertz CT molecular complexity index is 995. The van der Waals surface area contributed by atoms with Gasteiger partial charge in [-0.15, -0.1) is 0 Å². The van der Waals surface area contributed by atoms with Gasteiger partial charge in [0.1, 0.15) is 31.0 Å². The van der Waals surface area contributed by atoms with Gasteiger partial charge in [-0.2, -0.15) is 4.39 Å². The molecule has 1 aromatic carbocycles. The van der Waals surface area contributed by atoms with Crippen LogP contribution in [0.15, 0.2) is 46.1 Å². The smallest absolute Gasteiger partial charge is 0.407 e. The zero-order valence-corrected chi connectivity index (χ0v) is 15.5. The predicted octanol–water partition coefficient (Wildman–Crippen LogP) is -1.42. The third-order valence-electron chi connectivity index (χ3n) is 4.60. The summed E-state index contributed by atoms with van der Waals surface area (Å²) in [5.41, 5.74) is -1.67. The van der Waals surface area contributed by atoms with Crippen LogP contribution in [0.4, 0.5) is 9.18 Å². The molecule has 3 rings (SSSR count). The van der Waals surface area contributed by atoms with Crippen LogP contribution in [-0.4, -0.2) is 61.9 Å².